The van der Waals surface area contributed by atoms with Crippen molar-refractivity contribution in [3.63, 3.8) is 0 Å². The first-order valence-electron chi connectivity index (χ1n) is 6.11. The summed E-state index contributed by atoms with van der Waals surface area (Å²) < 4.78 is 32.8. The second-order valence-electron chi connectivity index (χ2n) is 4.60. The number of rotatable bonds is 5. The Morgan fingerprint density at radius 3 is 2.95 bits per heavy atom. The molecule has 19 heavy (non-hydrogen) atoms. The van der Waals surface area contributed by atoms with Crippen LogP contribution in [-0.2, 0) is 14.8 Å². The zero-order valence-corrected chi connectivity index (χ0v) is 12.8. The van der Waals surface area contributed by atoms with E-state index in [0.29, 0.717) is 16.9 Å². The number of benzene rings is 1. The summed E-state index contributed by atoms with van der Waals surface area (Å²) in [5.74, 6) is 0.447. The fourth-order valence-corrected chi connectivity index (χ4v) is 3.74. The van der Waals surface area contributed by atoms with Crippen molar-refractivity contribution >= 4 is 31.6 Å². The Hall–Kier alpha value is -0.630. The zero-order valence-electron chi connectivity index (χ0n) is 10.4. The van der Waals surface area contributed by atoms with E-state index < -0.39 is 10.0 Å². The maximum atomic E-state index is 12.1. The van der Waals surface area contributed by atoms with Gasteiger partial charge < -0.3 is 10.5 Å². The molecule has 0 aliphatic carbocycles. The van der Waals surface area contributed by atoms with E-state index in [4.69, 9.17) is 10.5 Å². The number of halogens is 1. The van der Waals surface area contributed by atoms with Gasteiger partial charge in [0, 0.05) is 24.2 Å². The molecule has 0 amide bonds. The van der Waals surface area contributed by atoms with Crippen LogP contribution in [0.2, 0.25) is 0 Å². The fourth-order valence-electron chi connectivity index (χ4n) is 2.03. The summed E-state index contributed by atoms with van der Waals surface area (Å²) in [6.07, 6.45) is 1.79. The van der Waals surface area contributed by atoms with Crippen molar-refractivity contribution < 1.29 is 13.2 Å². The predicted octanol–water partition coefficient (Wildman–Crippen LogP) is 1.74. The van der Waals surface area contributed by atoms with E-state index in [1.165, 1.54) is 6.07 Å². The monoisotopic (exact) mass is 348 g/mol. The van der Waals surface area contributed by atoms with E-state index in [2.05, 4.69) is 20.7 Å². The molecule has 1 aromatic carbocycles. The van der Waals surface area contributed by atoms with E-state index >= 15 is 0 Å². The minimum absolute atomic E-state index is 0.115. The zero-order chi connectivity index (χ0) is 13.9. The summed E-state index contributed by atoms with van der Waals surface area (Å²) in [5.41, 5.74) is 5.96. The topological polar surface area (TPSA) is 81.4 Å². The highest BCUT2D eigenvalue weighted by molar-refractivity contribution is 9.10. The number of nitrogen functional groups attached to an aromatic ring is 1. The van der Waals surface area contributed by atoms with Crippen LogP contribution in [0.3, 0.4) is 0 Å². The third-order valence-electron chi connectivity index (χ3n) is 3.13. The SMILES string of the molecule is Nc1ccc(Br)cc1S(=O)(=O)NCCC1CCOC1. The maximum absolute atomic E-state index is 12.1. The lowest BCUT2D eigenvalue weighted by Crippen LogP contribution is -2.27. The standard InChI is InChI=1S/C12H17BrN2O3S/c13-10-1-2-11(14)12(7-10)19(16,17)15-5-3-9-4-6-18-8-9/h1-2,7,9,15H,3-6,8,14H2. The number of hydrogen-bond acceptors (Lipinski definition) is 4. The van der Waals surface area contributed by atoms with Gasteiger partial charge in [-0.2, -0.15) is 0 Å². The van der Waals surface area contributed by atoms with Crippen LogP contribution in [0.1, 0.15) is 12.8 Å². The third kappa shape index (κ3) is 3.92. The van der Waals surface area contributed by atoms with Crippen LogP contribution in [0.25, 0.3) is 0 Å². The van der Waals surface area contributed by atoms with Gasteiger partial charge in [0.15, 0.2) is 0 Å². The van der Waals surface area contributed by atoms with Crippen LogP contribution in [0.4, 0.5) is 5.69 Å². The Bertz CT molecular complexity index is 542. The smallest absolute Gasteiger partial charge is 0.242 e. The van der Waals surface area contributed by atoms with E-state index in [9.17, 15) is 8.42 Å². The molecular formula is C12H17BrN2O3S. The van der Waals surface area contributed by atoms with Gasteiger partial charge >= 0.3 is 0 Å². The van der Waals surface area contributed by atoms with Gasteiger partial charge in [-0.3, -0.25) is 0 Å². The fraction of sp³-hybridized carbons (Fsp3) is 0.500. The van der Waals surface area contributed by atoms with Crippen molar-refractivity contribution in [3.05, 3.63) is 22.7 Å². The van der Waals surface area contributed by atoms with Crippen LogP contribution in [-0.4, -0.2) is 28.2 Å². The summed E-state index contributed by atoms with van der Waals surface area (Å²) in [6.45, 7) is 1.90. The summed E-state index contributed by atoms with van der Waals surface area (Å²) in [6, 6.07) is 4.80. The molecule has 0 aromatic heterocycles. The molecule has 1 aliphatic heterocycles. The lowest BCUT2D eigenvalue weighted by atomic mass is 10.1. The molecule has 1 heterocycles. The van der Waals surface area contributed by atoms with Crippen LogP contribution >= 0.6 is 15.9 Å². The van der Waals surface area contributed by atoms with Crippen molar-refractivity contribution in [2.45, 2.75) is 17.7 Å². The highest BCUT2D eigenvalue weighted by Crippen LogP contribution is 2.23. The molecular weight excluding hydrogens is 332 g/mol. The molecule has 1 aromatic rings. The van der Waals surface area contributed by atoms with Crippen LogP contribution in [0.5, 0.6) is 0 Å². The summed E-state index contributed by atoms with van der Waals surface area (Å²) in [4.78, 5) is 0.115. The molecule has 1 saturated heterocycles. The molecule has 2 rings (SSSR count). The minimum Gasteiger partial charge on any atom is -0.398 e. The molecule has 1 unspecified atom stereocenters. The van der Waals surface area contributed by atoms with Crippen molar-refractivity contribution in [1.29, 1.82) is 0 Å². The lowest BCUT2D eigenvalue weighted by molar-refractivity contribution is 0.184. The van der Waals surface area contributed by atoms with Crippen LogP contribution < -0.4 is 10.5 Å². The molecule has 3 N–H and O–H groups in total. The van der Waals surface area contributed by atoms with Gasteiger partial charge in [0.25, 0.3) is 0 Å². The molecule has 5 nitrogen and oxygen atoms in total. The Balaban J connectivity index is 1.99. The van der Waals surface area contributed by atoms with Crippen molar-refractivity contribution in [1.82, 2.24) is 4.72 Å². The number of nitrogens with one attached hydrogen (secondary N) is 1. The van der Waals surface area contributed by atoms with Gasteiger partial charge in [-0.15, -0.1) is 0 Å². The average molecular weight is 349 g/mol. The molecule has 1 atom stereocenters. The normalized spacial score (nSPS) is 19.7. The number of hydrogen-bond donors (Lipinski definition) is 2. The quantitative estimate of drug-likeness (QED) is 0.794. The number of anilines is 1. The second kappa shape index (κ2) is 6.21. The lowest BCUT2D eigenvalue weighted by Gasteiger charge is -2.11. The summed E-state index contributed by atoms with van der Waals surface area (Å²) >= 11 is 3.25. The van der Waals surface area contributed by atoms with Crippen LogP contribution in [0.15, 0.2) is 27.6 Å². The molecule has 7 heteroatoms. The maximum Gasteiger partial charge on any atom is 0.242 e. The molecule has 0 radical (unpaired) electrons. The van der Waals surface area contributed by atoms with Gasteiger partial charge in [0.05, 0.1) is 5.69 Å². The summed E-state index contributed by atoms with van der Waals surface area (Å²) in [7, 11) is -3.55. The second-order valence-corrected chi connectivity index (χ2v) is 7.25. The van der Waals surface area contributed by atoms with Gasteiger partial charge in [-0.05, 0) is 37.0 Å². The largest absolute Gasteiger partial charge is 0.398 e. The molecule has 1 fully saturated rings. The van der Waals surface area contributed by atoms with Gasteiger partial charge in [0.2, 0.25) is 10.0 Å². The van der Waals surface area contributed by atoms with Gasteiger partial charge in [-0.25, -0.2) is 13.1 Å². The predicted molar refractivity (Wildman–Crippen MR) is 77.3 cm³/mol. The van der Waals surface area contributed by atoms with Gasteiger partial charge in [-0.1, -0.05) is 15.9 Å². The average Bonchev–Trinajstić information content (AvgIpc) is 2.85. The Morgan fingerprint density at radius 2 is 2.26 bits per heavy atom. The Kier molecular flexibility index (Phi) is 4.83. The molecule has 0 saturated carbocycles. The number of ether oxygens (including phenoxy) is 1. The van der Waals surface area contributed by atoms with Gasteiger partial charge in [0.1, 0.15) is 4.90 Å². The first-order chi connectivity index (χ1) is 8.99. The third-order valence-corrected chi connectivity index (χ3v) is 5.14. The first-order valence-corrected chi connectivity index (χ1v) is 8.39. The van der Waals surface area contributed by atoms with Crippen molar-refractivity contribution in [3.8, 4) is 0 Å². The van der Waals surface area contributed by atoms with Crippen molar-refractivity contribution in [2.75, 3.05) is 25.5 Å². The minimum atomic E-state index is -3.55. The van der Waals surface area contributed by atoms with E-state index in [1.807, 2.05) is 0 Å². The highest BCUT2D eigenvalue weighted by atomic mass is 79.9. The van der Waals surface area contributed by atoms with Crippen molar-refractivity contribution in [2.24, 2.45) is 5.92 Å². The highest BCUT2D eigenvalue weighted by Gasteiger charge is 2.20. The number of sulfonamides is 1. The molecule has 0 bridgehead atoms. The molecule has 1 aliphatic rings. The number of nitrogens with two attached hydrogens (primary N) is 1. The van der Waals surface area contributed by atoms with Crippen LogP contribution in [0, 0.1) is 5.92 Å². The summed E-state index contributed by atoms with van der Waals surface area (Å²) in [5, 5.41) is 0. The molecule has 0 spiro atoms. The Morgan fingerprint density at radius 1 is 1.47 bits per heavy atom. The molecule has 106 valence electrons. The van der Waals surface area contributed by atoms with E-state index in [1.54, 1.807) is 12.1 Å². The van der Waals surface area contributed by atoms with E-state index in [0.717, 1.165) is 26.1 Å². The Labute approximate surface area is 121 Å². The van der Waals surface area contributed by atoms with E-state index in [-0.39, 0.29) is 10.6 Å². The first kappa shape index (κ1) is 14.8.